The van der Waals surface area contributed by atoms with Crippen molar-refractivity contribution in [3.8, 4) is 5.75 Å². The fraction of sp³-hybridized carbons (Fsp3) is 0.133. The largest absolute Gasteiger partial charge is 0.492 e. The first kappa shape index (κ1) is 14.5. The van der Waals surface area contributed by atoms with Gasteiger partial charge in [0.15, 0.2) is 0 Å². The molecule has 2 aromatic rings. The molecule has 20 heavy (non-hydrogen) atoms. The summed E-state index contributed by atoms with van der Waals surface area (Å²) >= 11 is 3.31. The molecule has 1 N–H and O–H groups in total. The number of amides is 1. The lowest BCUT2D eigenvalue weighted by Gasteiger charge is -2.08. The molecule has 3 nitrogen and oxygen atoms in total. The van der Waals surface area contributed by atoms with Gasteiger partial charge in [-0.25, -0.2) is 4.39 Å². The predicted octanol–water partition coefficient (Wildman–Crippen LogP) is 3.40. The van der Waals surface area contributed by atoms with E-state index >= 15 is 0 Å². The van der Waals surface area contributed by atoms with Crippen molar-refractivity contribution in [3.05, 3.63) is 64.4 Å². The Labute approximate surface area is 124 Å². The van der Waals surface area contributed by atoms with Crippen LogP contribution in [0.4, 0.5) is 4.39 Å². The van der Waals surface area contributed by atoms with Gasteiger partial charge in [-0.3, -0.25) is 4.79 Å². The van der Waals surface area contributed by atoms with Gasteiger partial charge in [0.25, 0.3) is 5.91 Å². The van der Waals surface area contributed by atoms with E-state index in [1.54, 1.807) is 30.3 Å². The molecule has 0 unspecified atom stereocenters. The summed E-state index contributed by atoms with van der Waals surface area (Å²) in [4.78, 5) is 11.8. The molecule has 1 amide bonds. The maximum atomic E-state index is 12.9. The average molecular weight is 338 g/mol. The SMILES string of the molecule is O=C(NCCOc1cccc(F)c1)c1cccc(Br)c1. The first-order chi connectivity index (χ1) is 9.65. The normalized spacial score (nSPS) is 10.1. The lowest BCUT2D eigenvalue weighted by Crippen LogP contribution is -2.28. The third-order valence-electron chi connectivity index (χ3n) is 2.54. The minimum atomic E-state index is -0.347. The molecule has 0 aliphatic rings. The molecular formula is C15H13BrFNO2. The molecule has 5 heteroatoms. The van der Waals surface area contributed by atoms with Crippen LogP contribution in [0.25, 0.3) is 0 Å². The van der Waals surface area contributed by atoms with Gasteiger partial charge in [-0.05, 0) is 30.3 Å². The summed E-state index contributed by atoms with van der Waals surface area (Å²) in [6.07, 6.45) is 0. The van der Waals surface area contributed by atoms with Crippen LogP contribution in [0.2, 0.25) is 0 Å². The second-order valence-corrected chi connectivity index (χ2v) is 4.99. The Morgan fingerprint density at radius 1 is 1.20 bits per heavy atom. The summed E-state index contributed by atoms with van der Waals surface area (Å²) in [5.74, 6) is -0.0727. The second-order valence-electron chi connectivity index (χ2n) is 4.07. The smallest absolute Gasteiger partial charge is 0.251 e. The van der Waals surface area contributed by atoms with Crippen LogP contribution >= 0.6 is 15.9 Å². The average Bonchev–Trinajstić information content (AvgIpc) is 2.43. The van der Waals surface area contributed by atoms with Crippen molar-refractivity contribution < 1.29 is 13.9 Å². The van der Waals surface area contributed by atoms with E-state index in [0.717, 1.165) is 4.47 Å². The highest BCUT2D eigenvalue weighted by molar-refractivity contribution is 9.10. The van der Waals surface area contributed by atoms with E-state index in [9.17, 15) is 9.18 Å². The topological polar surface area (TPSA) is 38.3 Å². The summed E-state index contributed by atoms with van der Waals surface area (Å²) in [6.45, 7) is 0.630. The van der Waals surface area contributed by atoms with Gasteiger partial charge in [0.05, 0.1) is 6.54 Å². The number of halogens is 2. The molecule has 0 saturated carbocycles. The molecule has 0 atom stereocenters. The number of carbonyl (C=O) groups is 1. The van der Waals surface area contributed by atoms with Crippen molar-refractivity contribution in [2.75, 3.05) is 13.2 Å². The number of benzene rings is 2. The third-order valence-corrected chi connectivity index (χ3v) is 3.03. The minimum Gasteiger partial charge on any atom is -0.492 e. The molecule has 0 radical (unpaired) electrons. The van der Waals surface area contributed by atoms with Gasteiger partial charge in [0, 0.05) is 16.1 Å². The molecule has 0 aromatic heterocycles. The van der Waals surface area contributed by atoms with Gasteiger partial charge < -0.3 is 10.1 Å². The molecule has 0 aliphatic carbocycles. The van der Waals surface area contributed by atoms with Gasteiger partial charge >= 0.3 is 0 Å². The maximum absolute atomic E-state index is 12.9. The van der Waals surface area contributed by atoms with E-state index in [-0.39, 0.29) is 18.3 Å². The Bertz CT molecular complexity index is 604. The minimum absolute atomic E-state index is 0.172. The van der Waals surface area contributed by atoms with Crippen molar-refractivity contribution in [1.82, 2.24) is 5.32 Å². The van der Waals surface area contributed by atoms with Crippen molar-refractivity contribution in [3.63, 3.8) is 0 Å². The number of hydrogen-bond donors (Lipinski definition) is 1. The Balaban J connectivity index is 1.77. The highest BCUT2D eigenvalue weighted by atomic mass is 79.9. The first-order valence-electron chi connectivity index (χ1n) is 6.07. The lowest BCUT2D eigenvalue weighted by molar-refractivity contribution is 0.0947. The zero-order valence-electron chi connectivity index (χ0n) is 10.6. The molecule has 2 rings (SSSR count). The van der Waals surface area contributed by atoms with Crippen LogP contribution in [0.5, 0.6) is 5.75 Å². The highest BCUT2D eigenvalue weighted by Crippen LogP contribution is 2.12. The van der Waals surface area contributed by atoms with E-state index in [1.807, 2.05) is 6.07 Å². The van der Waals surface area contributed by atoms with E-state index < -0.39 is 0 Å². The van der Waals surface area contributed by atoms with Gasteiger partial charge in [-0.15, -0.1) is 0 Å². The van der Waals surface area contributed by atoms with E-state index in [4.69, 9.17) is 4.74 Å². The van der Waals surface area contributed by atoms with E-state index in [2.05, 4.69) is 21.2 Å². The number of rotatable bonds is 5. The Morgan fingerprint density at radius 3 is 2.75 bits per heavy atom. The van der Waals surface area contributed by atoms with Crippen LogP contribution in [-0.2, 0) is 0 Å². The summed E-state index contributed by atoms with van der Waals surface area (Å²) in [5.41, 5.74) is 0.574. The van der Waals surface area contributed by atoms with Crippen LogP contribution in [0.3, 0.4) is 0 Å². The number of ether oxygens (including phenoxy) is 1. The second kappa shape index (κ2) is 7.05. The van der Waals surface area contributed by atoms with Gasteiger partial charge in [-0.2, -0.15) is 0 Å². The van der Waals surface area contributed by atoms with Crippen molar-refractivity contribution in [2.45, 2.75) is 0 Å². The lowest BCUT2D eigenvalue weighted by atomic mass is 10.2. The molecule has 0 heterocycles. The highest BCUT2D eigenvalue weighted by Gasteiger charge is 2.04. The molecule has 104 valence electrons. The molecular weight excluding hydrogens is 325 g/mol. The Kier molecular flexibility index (Phi) is 5.12. The fourth-order valence-electron chi connectivity index (χ4n) is 1.62. The van der Waals surface area contributed by atoms with Crippen LogP contribution in [0, 0.1) is 5.82 Å². The van der Waals surface area contributed by atoms with Gasteiger partial charge in [-0.1, -0.05) is 28.1 Å². The molecule has 0 saturated heterocycles. The van der Waals surface area contributed by atoms with Crippen LogP contribution < -0.4 is 10.1 Å². The van der Waals surface area contributed by atoms with Crippen LogP contribution in [0.15, 0.2) is 53.0 Å². The van der Waals surface area contributed by atoms with Gasteiger partial charge in [0.2, 0.25) is 0 Å². The summed E-state index contributed by atoms with van der Waals surface area (Å²) in [7, 11) is 0. The van der Waals surface area contributed by atoms with Crippen molar-refractivity contribution in [2.24, 2.45) is 0 Å². The number of hydrogen-bond acceptors (Lipinski definition) is 2. The van der Waals surface area contributed by atoms with Crippen LogP contribution in [-0.4, -0.2) is 19.1 Å². The third kappa shape index (κ3) is 4.35. The Hall–Kier alpha value is -1.88. The summed E-state index contributed by atoms with van der Waals surface area (Å²) < 4.78 is 19.1. The molecule has 2 aromatic carbocycles. The Morgan fingerprint density at radius 2 is 2.00 bits per heavy atom. The van der Waals surface area contributed by atoms with Crippen LogP contribution in [0.1, 0.15) is 10.4 Å². The molecule has 0 fully saturated rings. The van der Waals surface area contributed by atoms with Crippen molar-refractivity contribution in [1.29, 1.82) is 0 Å². The summed E-state index contributed by atoms with van der Waals surface area (Å²) in [6, 6.07) is 13.0. The summed E-state index contributed by atoms with van der Waals surface area (Å²) in [5, 5.41) is 2.73. The number of nitrogens with one attached hydrogen (secondary N) is 1. The monoisotopic (exact) mass is 337 g/mol. The number of carbonyl (C=O) groups excluding carboxylic acids is 1. The zero-order valence-corrected chi connectivity index (χ0v) is 12.2. The van der Waals surface area contributed by atoms with E-state index in [1.165, 1.54) is 12.1 Å². The van der Waals surface area contributed by atoms with E-state index in [0.29, 0.717) is 17.9 Å². The predicted molar refractivity (Wildman–Crippen MR) is 78.4 cm³/mol. The first-order valence-corrected chi connectivity index (χ1v) is 6.86. The quantitative estimate of drug-likeness (QED) is 0.849. The van der Waals surface area contributed by atoms with Gasteiger partial charge in [0.1, 0.15) is 18.2 Å². The van der Waals surface area contributed by atoms with Crippen molar-refractivity contribution >= 4 is 21.8 Å². The fourth-order valence-corrected chi connectivity index (χ4v) is 2.02. The molecule has 0 aliphatic heterocycles. The molecule has 0 spiro atoms. The molecule has 0 bridgehead atoms. The maximum Gasteiger partial charge on any atom is 0.251 e. The zero-order chi connectivity index (χ0) is 14.4. The standard InChI is InChI=1S/C15H13BrFNO2/c16-12-4-1-3-11(9-12)15(19)18-7-8-20-14-6-2-5-13(17)10-14/h1-6,9-10H,7-8H2,(H,18,19).